The summed E-state index contributed by atoms with van der Waals surface area (Å²) in [6.07, 6.45) is 2.96. The number of benzene rings is 1. The standard InChI is InChI=1S/C11H8F4O2/c1-2-3-4-17-11(16)8-6(12)5-7(13)9(14)10(8)15/h2-3,5H,4H2,1H3/b3-2+. The van der Waals surface area contributed by atoms with E-state index in [4.69, 9.17) is 0 Å². The van der Waals surface area contributed by atoms with Crippen LogP contribution in [0.4, 0.5) is 17.6 Å². The summed E-state index contributed by atoms with van der Waals surface area (Å²) in [6, 6.07) is 0.0880. The van der Waals surface area contributed by atoms with Crippen LogP contribution in [0, 0.1) is 23.3 Å². The van der Waals surface area contributed by atoms with Crippen LogP contribution in [0.2, 0.25) is 0 Å². The molecule has 0 atom stereocenters. The van der Waals surface area contributed by atoms with Crippen molar-refractivity contribution >= 4 is 5.97 Å². The van der Waals surface area contributed by atoms with E-state index in [-0.39, 0.29) is 12.7 Å². The molecule has 0 heterocycles. The predicted octanol–water partition coefficient (Wildman–Crippen LogP) is 2.98. The summed E-state index contributed by atoms with van der Waals surface area (Å²) < 4.78 is 56.0. The van der Waals surface area contributed by atoms with Crippen molar-refractivity contribution in [3.63, 3.8) is 0 Å². The quantitative estimate of drug-likeness (QED) is 0.270. The third-order valence-corrected chi connectivity index (χ3v) is 1.86. The van der Waals surface area contributed by atoms with Crippen LogP contribution in [0.5, 0.6) is 0 Å². The van der Waals surface area contributed by atoms with E-state index in [0.717, 1.165) is 0 Å². The van der Waals surface area contributed by atoms with Crippen LogP contribution in [-0.2, 0) is 4.74 Å². The van der Waals surface area contributed by atoms with Crippen LogP contribution in [0.25, 0.3) is 0 Å². The van der Waals surface area contributed by atoms with Gasteiger partial charge in [0.1, 0.15) is 18.0 Å². The zero-order chi connectivity index (χ0) is 13.0. The molecule has 2 nitrogen and oxygen atoms in total. The van der Waals surface area contributed by atoms with Gasteiger partial charge in [-0.1, -0.05) is 12.2 Å². The maximum Gasteiger partial charge on any atom is 0.344 e. The molecular formula is C11H8F4O2. The van der Waals surface area contributed by atoms with Crippen LogP contribution < -0.4 is 0 Å². The molecule has 0 N–H and O–H groups in total. The second kappa shape index (κ2) is 5.47. The van der Waals surface area contributed by atoms with Gasteiger partial charge >= 0.3 is 5.97 Å². The third-order valence-electron chi connectivity index (χ3n) is 1.86. The molecule has 0 aliphatic rings. The summed E-state index contributed by atoms with van der Waals surface area (Å²) in [5.41, 5.74) is -1.24. The Bertz CT molecular complexity index is 469. The number of hydrogen-bond acceptors (Lipinski definition) is 2. The van der Waals surface area contributed by atoms with Crippen LogP contribution in [-0.4, -0.2) is 12.6 Å². The molecule has 0 radical (unpaired) electrons. The molecule has 92 valence electrons. The van der Waals surface area contributed by atoms with Crippen molar-refractivity contribution in [3.05, 3.63) is 47.1 Å². The molecule has 0 spiro atoms. The van der Waals surface area contributed by atoms with Gasteiger partial charge < -0.3 is 4.74 Å². The van der Waals surface area contributed by atoms with Crippen molar-refractivity contribution < 1.29 is 27.1 Å². The number of allylic oxidation sites excluding steroid dienone is 1. The summed E-state index contributed by atoms with van der Waals surface area (Å²) >= 11 is 0. The van der Waals surface area contributed by atoms with Crippen LogP contribution in [0.1, 0.15) is 17.3 Å². The molecule has 1 rings (SSSR count). The highest BCUT2D eigenvalue weighted by atomic mass is 19.2. The Morgan fingerprint density at radius 1 is 1.24 bits per heavy atom. The van der Waals surface area contributed by atoms with E-state index in [0.29, 0.717) is 0 Å². The van der Waals surface area contributed by atoms with Gasteiger partial charge in [-0.2, -0.15) is 0 Å². The number of esters is 1. The molecule has 0 bridgehead atoms. The lowest BCUT2D eigenvalue weighted by Crippen LogP contribution is -2.12. The van der Waals surface area contributed by atoms with E-state index in [1.807, 2.05) is 0 Å². The van der Waals surface area contributed by atoms with Gasteiger partial charge in [0, 0.05) is 6.07 Å². The second-order valence-corrected chi connectivity index (χ2v) is 3.01. The summed E-state index contributed by atoms with van der Waals surface area (Å²) in [4.78, 5) is 11.2. The summed E-state index contributed by atoms with van der Waals surface area (Å²) in [7, 11) is 0. The fourth-order valence-corrected chi connectivity index (χ4v) is 1.05. The molecule has 1 aromatic rings. The van der Waals surface area contributed by atoms with E-state index in [1.165, 1.54) is 6.08 Å². The summed E-state index contributed by atoms with van der Waals surface area (Å²) in [5, 5.41) is 0. The SMILES string of the molecule is C/C=C/COC(=O)c1c(F)cc(F)c(F)c1F. The first-order valence-corrected chi connectivity index (χ1v) is 4.60. The average Bonchev–Trinajstić information content (AvgIpc) is 2.26. The molecule has 0 aliphatic heterocycles. The average molecular weight is 248 g/mol. The minimum Gasteiger partial charge on any atom is -0.458 e. The van der Waals surface area contributed by atoms with E-state index in [2.05, 4.69) is 4.74 Å². The number of hydrogen-bond donors (Lipinski definition) is 0. The number of halogens is 4. The van der Waals surface area contributed by atoms with Gasteiger partial charge in [0.2, 0.25) is 0 Å². The Kier molecular flexibility index (Phi) is 4.25. The largest absolute Gasteiger partial charge is 0.458 e. The van der Waals surface area contributed by atoms with Crippen LogP contribution in [0.15, 0.2) is 18.2 Å². The molecular weight excluding hydrogens is 240 g/mol. The lowest BCUT2D eigenvalue weighted by atomic mass is 10.2. The normalized spacial score (nSPS) is 10.9. The summed E-state index contributed by atoms with van der Waals surface area (Å²) in [5.74, 6) is -8.41. The fraction of sp³-hybridized carbons (Fsp3) is 0.182. The Morgan fingerprint density at radius 2 is 1.88 bits per heavy atom. The van der Waals surface area contributed by atoms with Crippen molar-refractivity contribution in [1.82, 2.24) is 0 Å². The molecule has 0 amide bonds. The first kappa shape index (κ1) is 13.2. The molecule has 17 heavy (non-hydrogen) atoms. The predicted molar refractivity (Wildman–Crippen MR) is 51.4 cm³/mol. The van der Waals surface area contributed by atoms with E-state index in [1.54, 1.807) is 13.0 Å². The smallest absolute Gasteiger partial charge is 0.344 e. The minimum atomic E-state index is -1.91. The zero-order valence-electron chi connectivity index (χ0n) is 8.77. The number of carbonyl (C=O) groups is 1. The van der Waals surface area contributed by atoms with E-state index in [9.17, 15) is 22.4 Å². The molecule has 0 aliphatic carbocycles. The fourth-order valence-electron chi connectivity index (χ4n) is 1.05. The molecule has 0 unspecified atom stereocenters. The third kappa shape index (κ3) is 2.83. The van der Waals surface area contributed by atoms with Crippen LogP contribution >= 0.6 is 0 Å². The van der Waals surface area contributed by atoms with Crippen molar-refractivity contribution in [2.75, 3.05) is 6.61 Å². The second-order valence-electron chi connectivity index (χ2n) is 3.01. The molecule has 6 heteroatoms. The first-order valence-electron chi connectivity index (χ1n) is 4.60. The van der Waals surface area contributed by atoms with Gasteiger partial charge in [-0.15, -0.1) is 0 Å². The molecule has 0 saturated heterocycles. The summed E-state index contributed by atoms with van der Waals surface area (Å²) in [6.45, 7) is 1.43. The van der Waals surface area contributed by atoms with Gasteiger partial charge in [-0.05, 0) is 6.92 Å². The number of ether oxygens (including phenoxy) is 1. The highest BCUT2D eigenvalue weighted by Crippen LogP contribution is 2.19. The number of rotatable bonds is 3. The topological polar surface area (TPSA) is 26.3 Å². The van der Waals surface area contributed by atoms with Gasteiger partial charge in [0.15, 0.2) is 17.5 Å². The van der Waals surface area contributed by atoms with Crippen molar-refractivity contribution in [3.8, 4) is 0 Å². The number of carbonyl (C=O) groups excluding carboxylic acids is 1. The lowest BCUT2D eigenvalue weighted by molar-refractivity contribution is 0.0536. The zero-order valence-corrected chi connectivity index (χ0v) is 8.77. The van der Waals surface area contributed by atoms with Gasteiger partial charge in [-0.3, -0.25) is 0 Å². The Hall–Kier alpha value is -1.85. The van der Waals surface area contributed by atoms with Gasteiger partial charge in [0.05, 0.1) is 0 Å². The highest BCUT2D eigenvalue weighted by Gasteiger charge is 2.25. The maximum atomic E-state index is 13.1. The van der Waals surface area contributed by atoms with Crippen LogP contribution in [0.3, 0.4) is 0 Å². The van der Waals surface area contributed by atoms with E-state index < -0.39 is 34.8 Å². The molecule has 0 aromatic heterocycles. The Labute approximate surface area is 94.5 Å². The van der Waals surface area contributed by atoms with Gasteiger partial charge in [0.25, 0.3) is 0 Å². The van der Waals surface area contributed by atoms with Crippen molar-refractivity contribution in [1.29, 1.82) is 0 Å². The van der Waals surface area contributed by atoms with Gasteiger partial charge in [-0.25, -0.2) is 22.4 Å². The van der Waals surface area contributed by atoms with E-state index >= 15 is 0 Å². The monoisotopic (exact) mass is 248 g/mol. The lowest BCUT2D eigenvalue weighted by Gasteiger charge is -2.05. The molecule has 1 aromatic carbocycles. The molecule has 0 saturated carbocycles. The first-order chi connectivity index (χ1) is 7.99. The Morgan fingerprint density at radius 3 is 2.47 bits per heavy atom. The maximum absolute atomic E-state index is 13.1. The van der Waals surface area contributed by atoms with Crippen molar-refractivity contribution in [2.24, 2.45) is 0 Å². The molecule has 0 fully saturated rings. The van der Waals surface area contributed by atoms with Crippen molar-refractivity contribution in [2.45, 2.75) is 6.92 Å². The minimum absolute atomic E-state index is 0.0880. The Balaban J connectivity index is 3.05. The highest BCUT2D eigenvalue weighted by molar-refractivity contribution is 5.90.